The number of rotatable bonds is 3. The first-order valence-electron chi connectivity index (χ1n) is 8.51. The Morgan fingerprint density at radius 3 is 2.48 bits per heavy atom. The molecular weight excluding hydrogens is 410 g/mol. The smallest absolute Gasteiger partial charge is 0.308 e. The van der Waals surface area contributed by atoms with Gasteiger partial charge in [0.25, 0.3) is 5.91 Å². The van der Waals surface area contributed by atoms with Crippen molar-refractivity contribution in [1.29, 1.82) is 0 Å². The largest absolute Gasteiger partial charge is 0.488 e. The summed E-state index contributed by atoms with van der Waals surface area (Å²) in [5.41, 5.74) is 4.47. The maximum absolute atomic E-state index is 12.7. The van der Waals surface area contributed by atoms with E-state index in [2.05, 4.69) is 21.2 Å². The average Bonchev–Trinajstić information content (AvgIpc) is 2.64. The monoisotopic (exact) mass is 429 g/mol. The van der Waals surface area contributed by atoms with Crippen LogP contribution in [0.1, 0.15) is 29.2 Å². The van der Waals surface area contributed by atoms with E-state index < -0.39 is 0 Å². The molecule has 1 aliphatic heterocycles. The second-order valence-electron chi connectivity index (χ2n) is 6.43. The maximum Gasteiger partial charge on any atom is 0.308 e. The van der Waals surface area contributed by atoms with Crippen LogP contribution >= 0.6 is 15.9 Å². The van der Waals surface area contributed by atoms with Crippen molar-refractivity contribution in [3.63, 3.8) is 0 Å². The van der Waals surface area contributed by atoms with Crippen LogP contribution in [-0.4, -0.2) is 18.5 Å². The molecule has 0 aromatic heterocycles. The van der Waals surface area contributed by atoms with E-state index in [1.807, 2.05) is 45.0 Å². The molecule has 0 unspecified atom stereocenters. The third-order valence-electron chi connectivity index (χ3n) is 4.58. The molecule has 2 aromatic rings. The Balaban J connectivity index is 1.99. The van der Waals surface area contributed by atoms with Crippen LogP contribution in [0.4, 0.5) is 5.69 Å². The number of para-hydroxylation sites is 1. The van der Waals surface area contributed by atoms with Crippen molar-refractivity contribution in [2.24, 2.45) is 0 Å². The van der Waals surface area contributed by atoms with E-state index in [1.165, 1.54) is 6.92 Å². The highest BCUT2D eigenvalue weighted by Crippen LogP contribution is 2.41. The molecule has 0 radical (unpaired) electrons. The van der Waals surface area contributed by atoms with Crippen LogP contribution in [-0.2, 0) is 9.59 Å². The van der Waals surface area contributed by atoms with Crippen LogP contribution in [0.5, 0.6) is 11.5 Å². The van der Waals surface area contributed by atoms with Gasteiger partial charge >= 0.3 is 5.97 Å². The first kappa shape index (κ1) is 19.2. The van der Waals surface area contributed by atoms with Gasteiger partial charge in [-0.15, -0.1) is 0 Å². The van der Waals surface area contributed by atoms with Gasteiger partial charge in [-0.25, -0.2) is 0 Å². The zero-order valence-corrected chi connectivity index (χ0v) is 17.2. The zero-order valence-electron chi connectivity index (χ0n) is 15.6. The van der Waals surface area contributed by atoms with Crippen LogP contribution in [0.25, 0.3) is 6.08 Å². The number of nitrogens with one attached hydrogen (secondary N) is 1. The normalized spacial score (nSPS) is 12.6. The molecule has 140 valence electrons. The molecule has 3 rings (SSSR count). The van der Waals surface area contributed by atoms with Crippen LogP contribution < -0.4 is 14.8 Å². The predicted molar refractivity (Wildman–Crippen MR) is 108 cm³/mol. The van der Waals surface area contributed by atoms with Crippen molar-refractivity contribution >= 4 is 39.6 Å². The fourth-order valence-corrected chi connectivity index (χ4v) is 3.42. The molecule has 0 bridgehead atoms. The maximum atomic E-state index is 12.7. The summed E-state index contributed by atoms with van der Waals surface area (Å²) in [6.07, 6.45) is 1.81. The van der Waals surface area contributed by atoms with Gasteiger partial charge in [0, 0.05) is 22.5 Å². The molecule has 6 heteroatoms. The lowest BCUT2D eigenvalue weighted by atomic mass is 9.94. The van der Waals surface area contributed by atoms with Gasteiger partial charge in [-0.2, -0.15) is 0 Å². The van der Waals surface area contributed by atoms with Crippen molar-refractivity contribution in [3.05, 3.63) is 56.6 Å². The summed E-state index contributed by atoms with van der Waals surface area (Å²) in [7, 11) is 0. The van der Waals surface area contributed by atoms with E-state index in [1.54, 1.807) is 6.08 Å². The topological polar surface area (TPSA) is 64.6 Å². The molecule has 5 nitrogen and oxygen atoms in total. The van der Waals surface area contributed by atoms with E-state index in [-0.39, 0.29) is 18.5 Å². The van der Waals surface area contributed by atoms with E-state index in [9.17, 15) is 9.59 Å². The van der Waals surface area contributed by atoms with E-state index in [0.29, 0.717) is 17.0 Å². The molecule has 0 fully saturated rings. The standard InChI is InChI=1S/C21H20BrNO4/c1-11-12(2)20-16(13(3)19(11)27-14(4)24)9-15(10-26-20)21(25)23-18-8-6-5-7-17(18)22/h5-9H,10H2,1-4H3,(H,23,25). The second kappa shape index (κ2) is 7.56. The molecule has 0 saturated carbocycles. The number of hydrogen-bond acceptors (Lipinski definition) is 4. The highest BCUT2D eigenvalue weighted by molar-refractivity contribution is 9.10. The van der Waals surface area contributed by atoms with Gasteiger partial charge in [0.15, 0.2) is 0 Å². The lowest BCUT2D eigenvalue weighted by Gasteiger charge is -2.24. The Bertz CT molecular complexity index is 979. The minimum absolute atomic E-state index is 0.177. The fourth-order valence-electron chi connectivity index (χ4n) is 3.04. The number of carbonyl (C=O) groups excluding carboxylic acids is 2. The van der Waals surface area contributed by atoms with Crippen molar-refractivity contribution in [3.8, 4) is 11.5 Å². The van der Waals surface area contributed by atoms with Crippen LogP contribution in [0.15, 0.2) is 34.3 Å². The van der Waals surface area contributed by atoms with Crippen molar-refractivity contribution in [2.45, 2.75) is 27.7 Å². The number of hydrogen-bond donors (Lipinski definition) is 1. The van der Waals surface area contributed by atoms with Gasteiger partial charge in [0.2, 0.25) is 0 Å². The Morgan fingerprint density at radius 2 is 1.81 bits per heavy atom. The molecule has 1 amide bonds. The number of anilines is 1. The lowest BCUT2D eigenvalue weighted by molar-refractivity contribution is -0.132. The number of carbonyl (C=O) groups is 2. The third-order valence-corrected chi connectivity index (χ3v) is 5.27. The van der Waals surface area contributed by atoms with Crippen molar-refractivity contribution in [2.75, 3.05) is 11.9 Å². The number of amides is 1. The highest BCUT2D eigenvalue weighted by atomic mass is 79.9. The van der Waals surface area contributed by atoms with Crippen molar-refractivity contribution < 1.29 is 19.1 Å². The molecule has 2 aromatic carbocycles. The Morgan fingerprint density at radius 1 is 1.11 bits per heavy atom. The predicted octanol–water partition coefficient (Wildman–Crippen LogP) is 4.71. The number of benzene rings is 2. The van der Waals surface area contributed by atoms with Gasteiger partial charge in [0.1, 0.15) is 18.1 Å². The zero-order chi connectivity index (χ0) is 19.7. The number of ether oxygens (including phenoxy) is 2. The summed E-state index contributed by atoms with van der Waals surface area (Å²) >= 11 is 3.42. The molecule has 0 saturated heterocycles. The van der Waals surface area contributed by atoms with Crippen LogP contribution in [0.2, 0.25) is 0 Å². The first-order chi connectivity index (χ1) is 12.8. The van der Waals surface area contributed by atoms with Gasteiger partial charge in [-0.05, 0) is 66.0 Å². The second-order valence-corrected chi connectivity index (χ2v) is 7.29. The lowest BCUT2D eigenvalue weighted by Crippen LogP contribution is -2.22. The van der Waals surface area contributed by atoms with E-state index in [4.69, 9.17) is 9.47 Å². The number of esters is 1. The summed E-state index contributed by atoms with van der Waals surface area (Å²) in [4.78, 5) is 24.2. The van der Waals surface area contributed by atoms with Gasteiger partial charge in [-0.3, -0.25) is 9.59 Å². The first-order valence-corrected chi connectivity index (χ1v) is 9.30. The Hall–Kier alpha value is -2.60. The number of halogens is 1. The van der Waals surface area contributed by atoms with E-state index >= 15 is 0 Å². The fraction of sp³-hybridized carbons (Fsp3) is 0.238. The summed E-state index contributed by atoms with van der Waals surface area (Å²) < 4.78 is 12.1. The minimum Gasteiger partial charge on any atom is -0.488 e. The molecule has 1 N–H and O–H groups in total. The summed E-state index contributed by atoms with van der Waals surface area (Å²) in [5, 5.41) is 2.88. The molecule has 27 heavy (non-hydrogen) atoms. The minimum atomic E-state index is -0.381. The SMILES string of the molecule is CC(=O)Oc1c(C)c(C)c2c(c1C)C=C(C(=O)Nc1ccccc1Br)CO2. The van der Waals surface area contributed by atoms with Gasteiger partial charge in [-0.1, -0.05) is 12.1 Å². The van der Waals surface area contributed by atoms with Crippen LogP contribution in [0.3, 0.4) is 0 Å². The number of fused-ring (bicyclic) bond motifs is 1. The summed E-state index contributed by atoms with van der Waals surface area (Å²) in [5.74, 6) is 0.622. The molecule has 1 aliphatic rings. The average molecular weight is 430 g/mol. The van der Waals surface area contributed by atoms with E-state index in [0.717, 1.165) is 32.5 Å². The quantitative estimate of drug-likeness (QED) is 0.566. The molecule has 0 spiro atoms. The highest BCUT2D eigenvalue weighted by Gasteiger charge is 2.25. The Kier molecular flexibility index (Phi) is 5.37. The van der Waals surface area contributed by atoms with Gasteiger partial charge in [0.05, 0.1) is 11.3 Å². The molecule has 1 heterocycles. The Labute approximate surface area is 166 Å². The van der Waals surface area contributed by atoms with Gasteiger partial charge < -0.3 is 14.8 Å². The summed E-state index contributed by atoms with van der Waals surface area (Å²) in [6.45, 7) is 7.22. The molecule has 0 atom stereocenters. The summed E-state index contributed by atoms with van der Waals surface area (Å²) in [6, 6.07) is 7.41. The molecular formula is C21H20BrNO4. The third kappa shape index (κ3) is 3.76. The van der Waals surface area contributed by atoms with Crippen LogP contribution in [0, 0.1) is 20.8 Å². The van der Waals surface area contributed by atoms with Crippen molar-refractivity contribution in [1.82, 2.24) is 0 Å². The molecule has 0 aliphatic carbocycles.